The summed E-state index contributed by atoms with van der Waals surface area (Å²) in [7, 11) is 3.91. The van der Waals surface area contributed by atoms with Crippen molar-refractivity contribution in [3.8, 4) is 0 Å². The fourth-order valence-electron chi connectivity index (χ4n) is 2.57. The molecule has 0 unspecified atom stereocenters. The zero-order valence-corrected chi connectivity index (χ0v) is 16.0. The highest BCUT2D eigenvalue weighted by molar-refractivity contribution is 7.09. The van der Waals surface area contributed by atoms with Gasteiger partial charge in [-0.15, -0.1) is 11.3 Å². The molecule has 0 atom stereocenters. The summed E-state index contributed by atoms with van der Waals surface area (Å²) in [6.45, 7) is 5.99. The van der Waals surface area contributed by atoms with Crippen molar-refractivity contribution in [2.75, 3.05) is 20.6 Å². The second kappa shape index (κ2) is 9.42. The quantitative estimate of drug-likeness (QED) is 0.473. The Morgan fingerprint density at radius 3 is 2.54 bits per heavy atom. The Balaban J connectivity index is 1.77. The predicted octanol–water partition coefficient (Wildman–Crippen LogP) is 3.65. The van der Waals surface area contributed by atoms with Crippen LogP contribution in [-0.4, -0.2) is 36.5 Å². The number of hydrogen-bond acceptors (Lipinski definition) is 3. The third-order valence-electron chi connectivity index (χ3n) is 3.94. The van der Waals surface area contributed by atoms with Crippen molar-refractivity contribution in [1.82, 2.24) is 15.2 Å². The number of hydrogen-bond donors (Lipinski definition) is 1. The second-order valence-electron chi connectivity index (χ2n) is 5.99. The lowest BCUT2D eigenvalue weighted by Gasteiger charge is -2.22. The van der Waals surface area contributed by atoms with Crippen molar-refractivity contribution in [2.45, 2.75) is 39.7 Å². The molecule has 0 saturated heterocycles. The summed E-state index contributed by atoms with van der Waals surface area (Å²) in [6, 6.07) is 8.81. The molecule has 0 aliphatic carbocycles. The van der Waals surface area contributed by atoms with Crippen LogP contribution in [0.2, 0.25) is 0 Å². The first-order chi connectivity index (χ1) is 11.6. The SMILES string of the molecule is CCc1ccc(CN(C)C(=NC)NCCCc2nc(C)cs2)cc1. The zero-order valence-electron chi connectivity index (χ0n) is 15.2. The maximum Gasteiger partial charge on any atom is 0.193 e. The summed E-state index contributed by atoms with van der Waals surface area (Å²) in [5.41, 5.74) is 3.80. The summed E-state index contributed by atoms with van der Waals surface area (Å²) in [5, 5.41) is 6.77. The van der Waals surface area contributed by atoms with Gasteiger partial charge in [-0.25, -0.2) is 4.98 Å². The van der Waals surface area contributed by atoms with Crippen molar-refractivity contribution < 1.29 is 0 Å². The van der Waals surface area contributed by atoms with E-state index in [1.807, 2.05) is 14.0 Å². The van der Waals surface area contributed by atoms with Gasteiger partial charge in [0.1, 0.15) is 0 Å². The molecule has 2 aromatic rings. The van der Waals surface area contributed by atoms with E-state index in [2.05, 4.69) is 63.8 Å². The highest BCUT2D eigenvalue weighted by Gasteiger charge is 2.06. The van der Waals surface area contributed by atoms with E-state index >= 15 is 0 Å². The van der Waals surface area contributed by atoms with Gasteiger partial charge < -0.3 is 10.2 Å². The Bertz CT molecular complexity index is 646. The highest BCUT2D eigenvalue weighted by Crippen LogP contribution is 2.10. The number of aromatic nitrogens is 1. The molecule has 130 valence electrons. The van der Waals surface area contributed by atoms with E-state index < -0.39 is 0 Å². The largest absolute Gasteiger partial charge is 0.356 e. The number of rotatable bonds is 7. The van der Waals surface area contributed by atoms with Crippen LogP contribution in [-0.2, 0) is 19.4 Å². The summed E-state index contributed by atoms with van der Waals surface area (Å²) >= 11 is 1.75. The molecule has 24 heavy (non-hydrogen) atoms. The molecular formula is C19H28N4S. The molecule has 5 heteroatoms. The minimum Gasteiger partial charge on any atom is -0.356 e. The number of aliphatic imine (C=N–C) groups is 1. The van der Waals surface area contributed by atoms with E-state index in [0.717, 1.165) is 44.0 Å². The first kappa shape index (κ1) is 18.5. The predicted molar refractivity (Wildman–Crippen MR) is 104 cm³/mol. The van der Waals surface area contributed by atoms with Crippen LogP contribution in [0.4, 0.5) is 0 Å². The van der Waals surface area contributed by atoms with Gasteiger partial charge in [0.05, 0.1) is 5.01 Å². The van der Waals surface area contributed by atoms with Crippen molar-refractivity contribution in [2.24, 2.45) is 4.99 Å². The van der Waals surface area contributed by atoms with E-state index in [4.69, 9.17) is 0 Å². The molecule has 1 heterocycles. The average molecular weight is 345 g/mol. The number of benzene rings is 1. The Kier molecular flexibility index (Phi) is 7.25. The molecule has 0 spiro atoms. The second-order valence-corrected chi connectivity index (χ2v) is 6.93. The minimum atomic E-state index is 0.856. The molecule has 2 rings (SSSR count). The summed E-state index contributed by atoms with van der Waals surface area (Å²) in [5.74, 6) is 0.935. The van der Waals surface area contributed by atoms with Crippen molar-refractivity contribution >= 4 is 17.3 Å². The van der Waals surface area contributed by atoms with Crippen LogP contribution in [0.25, 0.3) is 0 Å². The summed E-state index contributed by atoms with van der Waals surface area (Å²) in [6.07, 6.45) is 3.16. The van der Waals surface area contributed by atoms with Crippen molar-refractivity contribution in [1.29, 1.82) is 0 Å². The smallest absolute Gasteiger partial charge is 0.193 e. The number of nitrogens with zero attached hydrogens (tertiary/aromatic N) is 3. The summed E-state index contributed by atoms with van der Waals surface area (Å²) in [4.78, 5) is 11.0. The third-order valence-corrected chi connectivity index (χ3v) is 4.97. The molecule has 4 nitrogen and oxygen atoms in total. The van der Waals surface area contributed by atoms with Gasteiger partial charge in [-0.3, -0.25) is 4.99 Å². The van der Waals surface area contributed by atoms with Gasteiger partial charge in [0.15, 0.2) is 5.96 Å². The number of aryl methyl sites for hydroxylation is 3. The highest BCUT2D eigenvalue weighted by atomic mass is 32.1. The lowest BCUT2D eigenvalue weighted by Crippen LogP contribution is -2.39. The van der Waals surface area contributed by atoms with Gasteiger partial charge >= 0.3 is 0 Å². The van der Waals surface area contributed by atoms with Gasteiger partial charge in [0.25, 0.3) is 0 Å². The average Bonchev–Trinajstić information content (AvgIpc) is 3.01. The molecule has 0 radical (unpaired) electrons. The number of guanidine groups is 1. The number of thiazole rings is 1. The Labute approximate surface area is 149 Å². The van der Waals surface area contributed by atoms with Crippen LogP contribution in [0.15, 0.2) is 34.6 Å². The third kappa shape index (κ3) is 5.64. The summed E-state index contributed by atoms with van der Waals surface area (Å²) < 4.78 is 0. The molecule has 0 fully saturated rings. The van der Waals surface area contributed by atoms with Crippen LogP contribution >= 0.6 is 11.3 Å². The van der Waals surface area contributed by atoms with Gasteiger partial charge in [-0.05, 0) is 30.9 Å². The minimum absolute atomic E-state index is 0.856. The van der Waals surface area contributed by atoms with Crippen LogP contribution in [0, 0.1) is 6.92 Å². The van der Waals surface area contributed by atoms with Gasteiger partial charge in [-0.2, -0.15) is 0 Å². The molecule has 0 aliphatic rings. The lowest BCUT2D eigenvalue weighted by atomic mass is 10.1. The monoisotopic (exact) mass is 344 g/mol. The lowest BCUT2D eigenvalue weighted by molar-refractivity contribution is 0.475. The first-order valence-corrected chi connectivity index (χ1v) is 9.41. The van der Waals surface area contributed by atoms with Gasteiger partial charge in [0, 0.05) is 44.7 Å². The molecule has 0 bridgehead atoms. The van der Waals surface area contributed by atoms with E-state index in [-0.39, 0.29) is 0 Å². The molecule has 0 saturated carbocycles. The van der Waals surface area contributed by atoms with E-state index in [1.165, 1.54) is 16.1 Å². The molecule has 1 aromatic carbocycles. The first-order valence-electron chi connectivity index (χ1n) is 8.53. The van der Waals surface area contributed by atoms with Crippen molar-refractivity contribution in [3.63, 3.8) is 0 Å². The van der Waals surface area contributed by atoms with Crippen LogP contribution in [0.3, 0.4) is 0 Å². The van der Waals surface area contributed by atoms with E-state index in [1.54, 1.807) is 11.3 Å². The Morgan fingerprint density at radius 2 is 1.96 bits per heavy atom. The van der Waals surface area contributed by atoms with Gasteiger partial charge in [-0.1, -0.05) is 31.2 Å². The Morgan fingerprint density at radius 1 is 1.25 bits per heavy atom. The van der Waals surface area contributed by atoms with Crippen molar-refractivity contribution in [3.05, 3.63) is 51.5 Å². The maximum absolute atomic E-state index is 4.50. The molecule has 0 amide bonds. The molecular weight excluding hydrogens is 316 g/mol. The maximum atomic E-state index is 4.50. The molecule has 1 aromatic heterocycles. The fourth-order valence-corrected chi connectivity index (χ4v) is 3.39. The van der Waals surface area contributed by atoms with Crippen LogP contribution < -0.4 is 5.32 Å². The molecule has 1 N–H and O–H groups in total. The molecule has 0 aliphatic heterocycles. The zero-order chi connectivity index (χ0) is 17.4. The van der Waals surface area contributed by atoms with E-state index in [0.29, 0.717) is 0 Å². The topological polar surface area (TPSA) is 40.5 Å². The fraction of sp³-hybridized carbons (Fsp3) is 0.474. The standard InChI is InChI=1S/C19H28N4S/c1-5-16-8-10-17(11-9-16)13-23(4)19(20-3)21-12-6-7-18-22-15(2)14-24-18/h8-11,14H,5-7,12-13H2,1-4H3,(H,20,21). The normalized spacial score (nSPS) is 11.6. The van der Waals surface area contributed by atoms with Gasteiger partial charge in [0.2, 0.25) is 0 Å². The van der Waals surface area contributed by atoms with Crippen LogP contribution in [0.5, 0.6) is 0 Å². The van der Waals surface area contributed by atoms with Crippen LogP contribution in [0.1, 0.15) is 35.2 Å². The van der Waals surface area contributed by atoms with E-state index in [9.17, 15) is 0 Å². The Hall–Kier alpha value is -1.88. The number of nitrogens with one attached hydrogen (secondary N) is 1.